The molecule has 34 heavy (non-hydrogen) atoms. The summed E-state index contributed by atoms with van der Waals surface area (Å²) in [6.45, 7) is 6.16. The summed E-state index contributed by atoms with van der Waals surface area (Å²) in [7, 11) is -3.59. The molecule has 2 amide bonds. The largest absolute Gasteiger partial charge is 0.336 e. The molecule has 1 atom stereocenters. The number of piperazine rings is 1. The summed E-state index contributed by atoms with van der Waals surface area (Å²) in [5.41, 5.74) is 2.49. The van der Waals surface area contributed by atoms with E-state index in [-0.39, 0.29) is 24.9 Å². The molecule has 7 nitrogen and oxygen atoms in total. The Balaban J connectivity index is 1.37. The van der Waals surface area contributed by atoms with E-state index in [0.717, 1.165) is 30.5 Å². The van der Waals surface area contributed by atoms with Crippen LogP contribution in [-0.4, -0.2) is 62.2 Å². The summed E-state index contributed by atoms with van der Waals surface area (Å²) < 4.78 is 27.6. The molecule has 0 aromatic heterocycles. The number of nitrogens with zero attached hydrogens (tertiary/aromatic N) is 3. The van der Waals surface area contributed by atoms with Gasteiger partial charge in [-0.25, -0.2) is 8.42 Å². The molecule has 8 heteroatoms. The maximum Gasteiger partial charge on any atom is 0.253 e. The Kier molecular flexibility index (Phi) is 7.38. The van der Waals surface area contributed by atoms with E-state index < -0.39 is 10.0 Å². The van der Waals surface area contributed by atoms with Gasteiger partial charge >= 0.3 is 0 Å². The van der Waals surface area contributed by atoms with Crippen LogP contribution in [0.25, 0.3) is 0 Å². The summed E-state index contributed by atoms with van der Waals surface area (Å²) in [6.07, 6.45) is 3.48. The van der Waals surface area contributed by atoms with Gasteiger partial charge in [0.25, 0.3) is 5.91 Å². The first kappa shape index (κ1) is 24.4. The topological polar surface area (TPSA) is 78.0 Å². The van der Waals surface area contributed by atoms with Gasteiger partial charge in [0.2, 0.25) is 15.9 Å². The molecule has 0 N–H and O–H groups in total. The summed E-state index contributed by atoms with van der Waals surface area (Å²) >= 11 is 0. The molecule has 0 unspecified atom stereocenters. The minimum atomic E-state index is -3.59. The lowest BCUT2D eigenvalue weighted by molar-refractivity contribution is -0.119. The quantitative estimate of drug-likeness (QED) is 0.625. The average Bonchev–Trinajstić information content (AvgIpc) is 2.88. The molecule has 4 rings (SSSR count). The number of anilines is 1. The number of carbonyl (C=O) groups is 2. The van der Waals surface area contributed by atoms with Crippen LogP contribution in [-0.2, 0) is 14.8 Å². The fraction of sp³-hybridized carbons (Fsp3) is 0.462. The fourth-order valence-corrected chi connectivity index (χ4v) is 5.95. The van der Waals surface area contributed by atoms with Gasteiger partial charge in [-0.1, -0.05) is 26.0 Å². The first-order valence-corrected chi connectivity index (χ1v) is 13.5. The van der Waals surface area contributed by atoms with Crippen LogP contribution in [0.1, 0.15) is 61.4 Å². The highest BCUT2D eigenvalue weighted by Gasteiger charge is 2.30. The van der Waals surface area contributed by atoms with Crippen molar-refractivity contribution in [1.29, 1.82) is 0 Å². The second kappa shape index (κ2) is 10.3. The van der Waals surface area contributed by atoms with Crippen LogP contribution in [0.5, 0.6) is 0 Å². The van der Waals surface area contributed by atoms with E-state index in [1.807, 2.05) is 24.3 Å². The van der Waals surface area contributed by atoms with Crippen molar-refractivity contribution < 1.29 is 18.0 Å². The van der Waals surface area contributed by atoms with Crippen molar-refractivity contribution in [1.82, 2.24) is 9.21 Å². The van der Waals surface area contributed by atoms with Gasteiger partial charge < -0.3 is 9.80 Å². The lowest BCUT2D eigenvalue weighted by atomic mass is 9.99. The van der Waals surface area contributed by atoms with E-state index >= 15 is 0 Å². The van der Waals surface area contributed by atoms with Gasteiger partial charge in [0.1, 0.15) is 0 Å². The van der Waals surface area contributed by atoms with E-state index in [0.29, 0.717) is 42.4 Å². The Bertz CT molecular complexity index is 1120. The maximum atomic E-state index is 13.1. The number of carbonyl (C=O) groups excluding carboxylic acids is 2. The monoisotopic (exact) mass is 483 g/mol. The van der Waals surface area contributed by atoms with Crippen molar-refractivity contribution in [3.05, 3.63) is 59.7 Å². The maximum absolute atomic E-state index is 13.1. The van der Waals surface area contributed by atoms with Gasteiger partial charge in [0.15, 0.2) is 0 Å². The van der Waals surface area contributed by atoms with Crippen molar-refractivity contribution in [3.63, 3.8) is 0 Å². The molecule has 2 aliphatic heterocycles. The second-order valence-electron chi connectivity index (χ2n) is 9.12. The summed E-state index contributed by atoms with van der Waals surface area (Å²) in [4.78, 5) is 28.9. The van der Waals surface area contributed by atoms with Crippen molar-refractivity contribution in [2.24, 2.45) is 0 Å². The van der Waals surface area contributed by atoms with E-state index in [2.05, 4.69) is 13.8 Å². The van der Waals surface area contributed by atoms with Crippen LogP contribution in [0.2, 0.25) is 0 Å². The number of benzene rings is 2. The molecular weight excluding hydrogens is 450 g/mol. The smallest absolute Gasteiger partial charge is 0.253 e. The van der Waals surface area contributed by atoms with Crippen LogP contribution in [0.3, 0.4) is 0 Å². The van der Waals surface area contributed by atoms with Crippen LogP contribution in [0, 0.1) is 0 Å². The average molecular weight is 484 g/mol. The Morgan fingerprint density at radius 1 is 0.912 bits per heavy atom. The third-order valence-corrected chi connectivity index (χ3v) is 8.89. The van der Waals surface area contributed by atoms with Crippen LogP contribution in [0.4, 0.5) is 5.69 Å². The molecule has 182 valence electrons. The number of sulfonamides is 1. The normalized spacial score (nSPS) is 18.7. The standard InChI is InChI=1S/C26H33N3O4S/c1-3-20(2)21-9-13-24(14-10-21)34(32,33)28-18-16-27(17-19-28)26(31)22-7-11-23(12-8-22)29-15-5-4-6-25(29)30/h7-14,20H,3-6,15-19H2,1-2H3/t20-/m1/s1. The molecule has 0 aliphatic carbocycles. The lowest BCUT2D eigenvalue weighted by Crippen LogP contribution is -2.50. The summed E-state index contributed by atoms with van der Waals surface area (Å²) in [6, 6.07) is 14.3. The SMILES string of the molecule is CC[C@@H](C)c1ccc(S(=O)(=O)N2CCN(C(=O)c3ccc(N4CCCCC4=O)cc3)CC2)cc1. The number of rotatable bonds is 6. The predicted molar refractivity (Wildman–Crippen MR) is 132 cm³/mol. The van der Waals surface area contributed by atoms with Crippen molar-refractivity contribution in [2.75, 3.05) is 37.6 Å². The molecule has 2 aromatic carbocycles. The zero-order valence-corrected chi connectivity index (χ0v) is 20.8. The third kappa shape index (κ3) is 5.03. The predicted octanol–water partition coefficient (Wildman–Crippen LogP) is 3.86. The molecule has 0 bridgehead atoms. The molecule has 0 saturated carbocycles. The molecule has 2 saturated heterocycles. The lowest BCUT2D eigenvalue weighted by Gasteiger charge is -2.34. The number of hydrogen-bond donors (Lipinski definition) is 0. The summed E-state index contributed by atoms with van der Waals surface area (Å²) in [5, 5.41) is 0. The molecule has 2 aromatic rings. The van der Waals surface area contributed by atoms with Gasteiger partial charge in [-0.05, 0) is 67.1 Å². The molecule has 0 radical (unpaired) electrons. The second-order valence-corrected chi connectivity index (χ2v) is 11.1. The zero-order chi connectivity index (χ0) is 24.3. The first-order chi connectivity index (χ1) is 16.3. The number of hydrogen-bond acceptors (Lipinski definition) is 4. The van der Waals surface area contributed by atoms with E-state index in [9.17, 15) is 18.0 Å². The van der Waals surface area contributed by atoms with Crippen LogP contribution < -0.4 is 4.90 Å². The molecule has 0 spiro atoms. The summed E-state index contributed by atoms with van der Waals surface area (Å²) in [5.74, 6) is 0.393. The van der Waals surface area contributed by atoms with Gasteiger partial charge in [-0.2, -0.15) is 4.31 Å². The van der Waals surface area contributed by atoms with E-state index in [1.54, 1.807) is 34.1 Å². The zero-order valence-electron chi connectivity index (χ0n) is 19.9. The first-order valence-electron chi connectivity index (χ1n) is 12.1. The molecular formula is C26H33N3O4S. The fourth-order valence-electron chi connectivity index (χ4n) is 4.53. The minimum absolute atomic E-state index is 0.119. The van der Waals surface area contributed by atoms with Crippen molar-refractivity contribution >= 4 is 27.5 Å². The third-order valence-electron chi connectivity index (χ3n) is 6.97. The number of amides is 2. The molecule has 2 fully saturated rings. The Morgan fingerprint density at radius 3 is 2.15 bits per heavy atom. The van der Waals surface area contributed by atoms with Gasteiger partial charge in [0, 0.05) is 50.4 Å². The van der Waals surface area contributed by atoms with E-state index in [1.165, 1.54) is 4.31 Å². The molecule has 2 aliphatic rings. The van der Waals surface area contributed by atoms with Gasteiger partial charge in [0.05, 0.1) is 4.90 Å². The van der Waals surface area contributed by atoms with Crippen LogP contribution in [0.15, 0.2) is 53.4 Å². The Morgan fingerprint density at radius 2 is 1.56 bits per heavy atom. The van der Waals surface area contributed by atoms with Crippen molar-refractivity contribution in [2.45, 2.75) is 50.3 Å². The highest BCUT2D eigenvalue weighted by molar-refractivity contribution is 7.89. The van der Waals surface area contributed by atoms with Gasteiger partial charge in [-0.15, -0.1) is 0 Å². The highest BCUT2D eigenvalue weighted by Crippen LogP contribution is 2.24. The van der Waals surface area contributed by atoms with Gasteiger partial charge in [-0.3, -0.25) is 9.59 Å². The Hall–Kier alpha value is -2.71. The highest BCUT2D eigenvalue weighted by atomic mass is 32.2. The van der Waals surface area contributed by atoms with E-state index in [4.69, 9.17) is 0 Å². The van der Waals surface area contributed by atoms with Crippen LogP contribution >= 0.6 is 0 Å². The molecule has 2 heterocycles. The number of piperidine rings is 1. The minimum Gasteiger partial charge on any atom is -0.336 e. The Labute approximate surface area is 202 Å². The van der Waals surface area contributed by atoms with Crippen molar-refractivity contribution in [3.8, 4) is 0 Å².